The van der Waals surface area contributed by atoms with Crippen molar-refractivity contribution in [3.63, 3.8) is 0 Å². The van der Waals surface area contributed by atoms with E-state index in [4.69, 9.17) is 9.88 Å². The summed E-state index contributed by atoms with van der Waals surface area (Å²) >= 11 is 0. The maximum absolute atomic E-state index is 13.1. The van der Waals surface area contributed by atoms with E-state index in [1.165, 1.54) is 18.6 Å². The highest BCUT2D eigenvalue weighted by Crippen LogP contribution is 2.37. The van der Waals surface area contributed by atoms with Gasteiger partial charge < -0.3 is 14.7 Å². The van der Waals surface area contributed by atoms with Gasteiger partial charge in [0.05, 0.1) is 29.9 Å². The van der Waals surface area contributed by atoms with Crippen LogP contribution in [0, 0.1) is 17.8 Å². The maximum Gasteiger partial charge on any atom is 0.240 e. The number of ether oxygens (including phenoxy) is 1. The van der Waals surface area contributed by atoms with Gasteiger partial charge in [-0.15, -0.1) is 0 Å². The number of hydrogen-bond donors (Lipinski definition) is 3. The van der Waals surface area contributed by atoms with Gasteiger partial charge in [0.25, 0.3) is 0 Å². The first kappa shape index (κ1) is 24.9. The third kappa shape index (κ3) is 5.54. The summed E-state index contributed by atoms with van der Waals surface area (Å²) in [6, 6.07) is 3.63. The molecule has 9 nitrogen and oxygen atoms in total. The van der Waals surface area contributed by atoms with Crippen LogP contribution in [0.25, 0.3) is 0 Å². The van der Waals surface area contributed by atoms with Crippen molar-refractivity contribution >= 4 is 25.7 Å². The smallest absolute Gasteiger partial charge is 0.240 e. The number of rotatable bonds is 7. The first-order valence-electron chi connectivity index (χ1n) is 11.8. The van der Waals surface area contributed by atoms with Gasteiger partial charge in [0.1, 0.15) is 4.90 Å². The van der Waals surface area contributed by atoms with Crippen molar-refractivity contribution < 1.29 is 26.7 Å². The number of nitrogens with two attached hydrogens (primary N) is 1. The largest absolute Gasteiger partial charge is 0.393 e. The highest BCUT2D eigenvalue weighted by Gasteiger charge is 2.34. The van der Waals surface area contributed by atoms with E-state index in [9.17, 15) is 21.9 Å². The molecule has 4 atom stereocenters. The summed E-state index contributed by atoms with van der Waals surface area (Å²) in [6.07, 6.45) is 5.22. The van der Waals surface area contributed by atoms with Crippen molar-refractivity contribution in [3.8, 4) is 0 Å². The lowest BCUT2D eigenvalue weighted by atomic mass is 9.76. The molecule has 0 spiro atoms. The fourth-order valence-electron chi connectivity index (χ4n) is 5.35. The molecule has 11 heteroatoms. The highest BCUT2D eigenvalue weighted by molar-refractivity contribution is 7.90. The molecule has 4 rings (SSSR count). The van der Waals surface area contributed by atoms with Gasteiger partial charge in [0, 0.05) is 31.0 Å². The molecule has 2 saturated carbocycles. The normalized spacial score (nSPS) is 28.3. The average Bonchev–Trinajstić information content (AvgIpc) is 2.99. The molecule has 1 aliphatic heterocycles. The summed E-state index contributed by atoms with van der Waals surface area (Å²) in [5.74, 6) is 0.704. The second kappa shape index (κ2) is 9.79. The number of sulfonamides is 2. The van der Waals surface area contributed by atoms with Gasteiger partial charge in [0.15, 0.2) is 0 Å². The summed E-state index contributed by atoms with van der Waals surface area (Å²) in [4.78, 5) is 1.60. The van der Waals surface area contributed by atoms with Crippen LogP contribution in [0.2, 0.25) is 0 Å². The second-order valence-corrected chi connectivity index (χ2v) is 13.0. The van der Waals surface area contributed by atoms with Crippen LogP contribution in [-0.4, -0.2) is 60.4 Å². The molecule has 4 N–H and O–H groups in total. The summed E-state index contributed by atoms with van der Waals surface area (Å²) in [6.45, 7) is 3.99. The molecular weight excluding hydrogens is 466 g/mol. The van der Waals surface area contributed by atoms with Gasteiger partial charge in [-0.05, 0) is 43.9 Å². The van der Waals surface area contributed by atoms with Crippen LogP contribution in [0.1, 0.15) is 45.4 Å². The van der Waals surface area contributed by atoms with Gasteiger partial charge in [-0.1, -0.05) is 25.7 Å². The van der Waals surface area contributed by atoms with Crippen LogP contribution < -0.4 is 14.8 Å². The van der Waals surface area contributed by atoms with E-state index >= 15 is 0 Å². The topological polar surface area (TPSA) is 139 Å². The van der Waals surface area contributed by atoms with Gasteiger partial charge >= 0.3 is 0 Å². The van der Waals surface area contributed by atoms with Gasteiger partial charge in [0.2, 0.25) is 20.0 Å². The van der Waals surface area contributed by atoms with Crippen molar-refractivity contribution in [3.05, 3.63) is 18.2 Å². The lowest BCUT2D eigenvalue weighted by Crippen LogP contribution is -2.41. The Morgan fingerprint density at radius 2 is 1.85 bits per heavy atom. The standard InChI is InChI=1S/C22H35N3O6S2/c1-15(19-6-3-7-21(19)26)24-33(29,30)18-8-9-20(22(12-18)32(23,27)28)25-10-11-31-14-17(13-25)16-4-2-5-16/h8-9,12,15-17,19,21,24,26H,2-7,10-11,13-14H2,1H3,(H2,23,27,28)/t15-,17?,19+,21+/m1/s1. The summed E-state index contributed by atoms with van der Waals surface area (Å²) in [5.41, 5.74) is 0.408. The van der Waals surface area contributed by atoms with Crippen molar-refractivity contribution in [1.82, 2.24) is 4.72 Å². The highest BCUT2D eigenvalue weighted by atomic mass is 32.2. The zero-order valence-corrected chi connectivity index (χ0v) is 20.7. The average molecular weight is 502 g/mol. The molecule has 3 fully saturated rings. The molecule has 1 unspecified atom stereocenters. The van der Waals surface area contributed by atoms with Gasteiger partial charge in [-0.2, -0.15) is 0 Å². The van der Waals surface area contributed by atoms with Crippen molar-refractivity contribution in [2.24, 2.45) is 22.9 Å². The molecule has 0 bridgehead atoms. The van der Waals surface area contributed by atoms with E-state index < -0.39 is 32.2 Å². The minimum atomic E-state index is -4.17. The molecule has 0 aromatic heterocycles. The van der Waals surface area contributed by atoms with E-state index in [1.807, 2.05) is 4.90 Å². The van der Waals surface area contributed by atoms with Crippen LogP contribution in [-0.2, 0) is 24.8 Å². The Morgan fingerprint density at radius 1 is 1.12 bits per heavy atom. The van der Waals surface area contributed by atoms with Gasteiger partial charge in [-0.25, -0.2) is 26.7 Å². The van der Waals surface area contributed by atoms with Crippen molar-refractivity contribution in [1.29, 1.82) is 0 Å². The summed E-state index contributed by atoms with van der Waals surface area (Å²) in [5, 5.41) is 15.6. The maximum atomic E-state index is 13.1. The van der Waals surface area contributed by atoms with Crippen LogP contribution in [0.15, 0.2) is 28.0 Å². The minimum absolute atomic E-state index is 0.156. The molecule has 1 heterocycles. The van der Waals surface area contributed by atoms with Crippen LogP contribution >= 0.6 is 0 Å². The molecule has 186 valence electrons. The minimum Gasteiger partial charge on any atom is -0.393 e. The van der Waals surface area contributed by atoms with Crippen LogP contribution in [0.5, 0.6) is 0 Å². The van der Waals surface area contributed by atoms with Crippen molar-refractivity contribution in [2.45, 2.75) is 67.4 Å². The molecule has 0 radical (unpaired) electrons. The lowest BCUT2D eigenvalue weighted by Gasteiger charge is -2.36. The van der Waals surface area contributed by atoms with E-state index in [0.717, 1.165) is 31.7 Å². The third-order valence-corrected chi connectivity index (χ3v) is 10.0. The van der Waals surface area contributed by atoms with E-state index in [-0.39, 0.29) is 15.7 Å². The number of nitrogens with one attached hydrogen (secondary N) is 1. The first-order chi connectivity index (χ1) is 15.6. The Labute approximate surface area is 196 Å². The Hall–Kier alpha value is -1.24. The third-order valence-electron chi connectivity index (χ3n) is 7.51. The van der Waals surface area contributed by atoms with Gasteiger partial charge in [-0.3, -0.25) is 0 Å². The zero-order chi connectivity index (χ0) is 23.8. The van der Waals surface area contributed by atoms with Crippen LogP contribution in [0.3, 0.4) is 0 Å². The number of anilines is 1. The van der Waals surface area contributed by atoms with E-state index in [2.05, 4.69) is 4.72 Å². The molecule has 2 aliphatic carbocycles. The number of aliphatic hydroxyl groups is 1. The Morgan fingerprint density at radius 3 is 2.45 bits per heavy atom. The number of primary sulfonamides is 1. The predicted octanol–water partition coefficient (Wildman–Crippen LogP) is 1.41. The quantitative estimate of drug-likeness (QED) is 0.513. The lowest BCUT2D eigenvalue weighted by molar-refractivity contribution is 0.0784. The zero-order valence-electron chi connectivity index (χ0n) is 19.0. The fourth-order valence-corrected chi connectivity index (χ4v) is 7.53. The molecule has 1 saturated heterocycles. The molecule has 1 aromatic carbocycles. The molecule has 3 aliphatic rings. The number of benzene rings is 1. The SMILES string of the molecule is C[C@@H](NS(=O)(=O)c1ccc(N2CCOCC(C3CCC3)C2)c(S(N)(=O)=O)c1)[C@@H]1CCC[C@@H]1O. The Kier molecular flexibility index (Phi) is 7.38. The summed E-state index contributed by atoms with van der Waals surface area (Å²) in [7, 11) is -8.18. The molecule has 0 amide bonds. The number of nitrogens with zero attached hydrogens (tertiary/aromatic N) is 1. The van der Waals surface area contributed by atoms with E-state index in [0.29, 0.717) is 50.2 Å². The van der Waals surface area contributed by atoms with E-state index in [1.54, 1.807) is 6.92 Å². The fraction of sp³-hybridized carbons (Fsp3) is 0.727. The second-order valence-electron chi connectivity index (χ2n) is 9.72. The molecule has 1 aromatic rings. The monoisotopic (exact) mass is 501 g/mol. The molecule has 33 heavy (non-hydrogen) atoms. The Bertz CT molecular complexity index is 1060. The molecular formula is C22H35N3O6S2. The van der Waals surface area contributed by atoms with Crippen molar-refractivity contribution in [2.75, 3.05) is 31.2 Å². The number of aliphatic hydroxyl groups excluding tert-OH is 1. The predicted molar refractivity (Wildman–Crippen MR) is 125 cm³/mol. The first-order valence-corrected chi connectivity index (χ1v) is 14.8. The summed E-state index contributed by atoms with van der Waals surface area (Å²) < 4.78 is 59.5. The number of hydrogen-bond acceptors (Lipinski definition) is 7. The Balaban J connectivity index is 1.61. The van der Waals surface area contributed by atoms with Crippen LogP contribution in [0.4, 0.5) is 5.69 Å².